The van der Waals surface area contributed by atoms with Crippen molar-refractivity contribution in [3.63, 3.8) is 0 Å². The summed E-state index contributed by atoms with van der Waals surface area (Å²) in [6.07, 6.45) is 14.5. The number of unbranched alkanes of at least 4 members (excludes halogenated alkanes) is 9. The molecule has 1 aliphatic carbocycles. The zero-order valence-corrected chi connectivity index (χ0v) is 24.0. The van der Waals surface area contributed by atoms with E-state index in [-0.39, 0.29) is 0 Å². The van der Waals surface area contributed by atoms with Gasteiger partial charge in [0.15, 0.2) is 0 Å². The van der Waals surface area contributed by atoms with Crippen molar-refractivity contribution in [2.45, 2.75) is 96.0 Å². The molecule has 5 nitrogen and oxygen atoms in total. The lowest BCUT2D eigenvalue weighted by Crippen LogP contribution is -2.30. The Kier molecular flexibility index (Phi) is 9.60. The number of ether oxygens (including phenoxy) is 1. The van der Waals surface area contributed by atoms with Crippen LogP contribution in [0.2, 0.25) is 0 Å². The van der Waals surface area contributed by atoms with Crippen molar-refractivity contribution >= 4 is 28.2 Å². The number of nitrogens with zero attached hydrogens (tertiary/aromatic N) is 2. The van der Waals surface area contributed by atoms with E-state index in [0.29, 0.717) is 0 Å². The van der Waals surface area contributed by atoms with Gasteiger partial charge in [-0.2, -0.15) is 5.26 Å². The molecule has 1 N–H and O–H groups in total. The Morgan fingerprint density at radius 1 is 0.950 bits per heavy atom. The SMILES string of the molecule is CCCCCCCCCCCCN1CCCc2cc(NC(=O)OC3c4cccc5cccc(c45)C3C#N)ccc21. The minimum atomic E-state index is -0.611. The molecule has 0 saturated carbocycles. The van der Waals surface area contributed by atoms with E-state index in [1.165, 1.54) is 75.5 Å². The van der Waals surface area contributed by atoms with Crippen LogP contribution in [0.5, 0.6) is 0 Å². The summed E-state index contributed by atoms with van der Waals surface area (Å²) in [6.45, 7) is 4.47. The summed E-state index contributed by atoms with van der Waals surface area (Å²) in [5.74, 6) is -0.505. The highest BCUT2D eigenvalue weighted by Gasteiger charge is 2.37. The summed E-state index contributed by atoms with van der Waals surface area (Å²) < 4.78 is 5.89. The third kappa shape index (κ3) is 6.44. The van der Waals surface area contributed by atoms with E-state index in [1.807, 2.05) is 42.5 Å². The zero-order chi connectivity index (χ0) is 27.7. The maximum absolute atomic E-state index is 13.0. The Balaban J connectivity index is 1.12. The predicted octanol–water partition coefficient (Wildman–Crippen LogP) is 9.42. The summed E-state index contributed by atoms with van der Waals surface area (Å²) in [5, 5.41) is 14.9. The number of hydrogen-bond acceptors (Lipinski definition) is 4. The number of rotatable bonds is 13. The molecule has 0 saturated heterocycles. The van der Waals surface area contributed by atoms with Crippen LogP contribution >= 0.6 is 0 Å². The second-order valence-electron chi connectivity index (χ2n) is 11.5. The summed E-state index contributed by atoms with van der Waals surface area (Å²) in [7, 11) is 0. The summed E-state index contributed by atoms with van der Waals surface area (Å²) in [6, 6.07) is 20.5. The highest BCUT2D eigenvalue weighted by atomic mass is 16.6. The number of fused-ring (bicyclic) bond motifs is 1. The van der Waals surface area contributed by atoms with E-state index in [4.69, 9.17) is 4.74 Å². The number of nitrogens with one attached hydrogen (secondary N) is 1. The van der Waals surface area contributed by atoms with Gasteiger partial charge >= 0.3 is 6.09 Å². The van der Waals surface area contributed by atoms with Crippen molar-refractivity contribution in [1.82, 2.24) is 0 Å². The maximum Gasteiger partial charge on any atom is 0.412 e. The Morgan fingerprint density at radius 3 is 2.38 bits per heavy atom. The highest BCUT2D eigenvalue weighted by Crippen LogP contribution is 2.47. The quantitative estimate of drug-likeness (QED) is 0.221. The van der Waals surface area contributed by atoms with E-state index in [1.54, 1.807) is 0 Å². The highest BCUT2D eigenvalue weighted by molar-refractivity contribution is 5.93. The van der Waals surface area contributed by atoms with Crippen LogP contribution in [-0.2, 0) is 11.2 Å². The molecule has 5 rings (SSSR count). The van der Waals surface area contributed by atoms with Crippen molar-refractivity contribution in [3.8, 4) is 6.07 Å². The Bertz CT molecular complexity index is 1340. The number of carbonyl (C=O) groups is 1. The lowest BCUT2D eigenvalue weighted by atomic mass is 10.00. The molecule has 5 heteroatoms. The molecular weight excluding hydrogens is 494 g/mol. The molecule has 0 aromatic heterocycles. The fraction of sp³-hybridized carbons (Fsp3) is 0.486. The molecule has 0 bridgehead atoms. The second-order valence-corrected chi connectivity index (χ2v) is 11.5. The topological polar surface area (TPSA) is 65.4 Å². The minimum absolute atomic E-state index is 0.505. The molecule has 40 heavy (non-hydrogen) atoms. The van der Waals surface area contributed by atoms with Crippen molar-refractivity contribution < 1.29 is 9.53 Å². The van der Waals surface area contributed by atoms with Crippen molar-refractivity contribution in [1.29, 1.82) is 5.26 Å². The smallest absolute Gasteiger partial charge is 0.412 e. The molecule has 1 heterocycles. The van der Waals surface area contributed by atoms with Crippen LogP contribution in [0.4, 0.5) is 16.2 Å². The van der Waals surface area contributed by atoms with Crippen molar-refractivity contribution in [3.05, 3.63) is 71.3 Å². The second kappa shape index (κ2) is 13.7. The van der Waals surface area contributed by atoms with Gasteiger partial charge < -0.3 is 9.64 Å². The molecule has 210 valence electrons. The maximum atomic E-state index is 13.0. The average molecular weight is 538 g/mol. The Hall–Kier alpha value is -3.52. The van der Waals surface area contributed by atoms with Gasteiger partial charge in [0, 0.05) is 30.0 Å². The first-order chi connectivity index (χ1) is 19.7. The van der Waals surface area contributed by atoms with Crippen LogP contribution in [0.1, 0.15) is 106 Å². The molecule has 2 unspecified atom stereocenters. The lowest BCUT2D eigenvalue weighted by Gasteiger charge is -2.31. The molecule has 1 amide bonds. The van der Waals surface area contributed by atoms with Gasteiger partial charge in [-0.1, -0.05) is 101 Å². The largest absolute Gasteiger partial charge is 0.439 e. The molecule has 0 radical (unpaired) electrons. The van der Waals surface area contributed by atoms with Gasteiger partial charge in [0.1, 0.15) is 12.0 Å². The molecule has 1 aliphatic heterocycles. The van der Waals surface area contributed by atoms with Crippen LogP contribution in [0.25, 0.3) is 10.8 Å². The summed E-state index contributed by atoms with van der Waals surface area (Å²) in [5.41, 5.74) is 5.16. The summed E-state index contributed by atoms with van der Waals surface area (Å²) >= 11 is 0. The van der Waals surface area contributed by atoms with E-state index < -0.39 is 18.1 Å². The van der Waals surface area contributed by atoms with Crippen LogP contribution in [-0.4, -0.2) is 19.2 Å². The average Bonchev–Trinajstić information content (AvgIpc) is 3.27. The van der Waals surface area contributed by atoms with E-state index >= 15 is 0 Å². The fourth-order valence-corrected chi connectivity index (χ4v) is 6.55. The first-order valence-electron chi connectivity index (χ1n) is 15.5. The van der Waals surface area contributed by atoms with Gasteiger partial charge in [-0.25, -0.2) is 4.79 Å². The van der Waals surface area contributed by atoms with Gasteiger partial charge in [-0.05, 0) is 59.4 Å². The van der Waals surface area contributed by atoms with E-state index in [9.17, 15) is 10.1 Å². The molecule has 2 atom stereocenters. The summed E-state index contributed by atoms with van der Waals surface area (Å²) in [4.78, 5) is 15.5. The van der Waals surface area contributed by atoms with E-state index in [0.717, 1.165) is 53.5 Å². The molecule has 3 aromatic rings. The monoisotopic (exact) mass is 537 g/mol. The number of carbonyl (C=O) groups excluding carboxylic acids is 1. The van der Waals surface area contributed by atoms with Crippen LogP contribution in [0.15, 0.2) is 54.6 Å². The van der Waals surface area contributed by atoms with Gasteiger partial charge in [-0.3, -0.25) is 5.32 Å². The predicted molar refractivity (Wildman–Crippen MR) is 164 cm³/mol. The van der Waals surface area contributed by atoms with Gasteiger partial charge in [0.25, 0.3) is 0 Å². The van der Waals surface area contributed by atoms with E-state index in [2.05, 4.69) is 35.3 Å². The van der Waals surface area contributed by atoms with Crippen molar-refractivity contribution in [2.75, 3.05) is 23.3 Å². The fourth-order valence-electron chi connectivity index (χ4n) is 6.55. The Morgan fingerprint density at radius 2 is 1.65 bits per heavy atom. The third-order valence-electron chi connectivity index (χ3n) is 8.61. The van der Waals surface area contributed by atoms with Crippen LogP contribution < -0.4 is 10.2 Å². The molecule has 2 aliphatic rings. The van der Waals surface area contributed by atoms with Gasteiger partial charge in [-0.15, -0.1) is 0 Å². The third-order valence-corrected chi connectivity index (χ3v) is 8.61. The molecule has 0 spiro atoms. The first-order valence-corrected chi connectivity index (χ1v) is 15.5. The molecular formula is C35H43N3O2. The van der Waals surface area contributed by atoms with Crippen LogP contribution in [0.3, 0.4) is 0 Å². The first kappa shape index (κ1) is 28.0. The van der Waals surface area contributed by atoms with Gasteiger partial charge in [0.2, 0.25) is 0 Å². The normalized spacial score (nSPS) is 17.4. The molecule has 0 fully saturated rings. The van der Waals surface area contributed by atoms with Crippen LogP contribution in [0, 0.1) is 11.3 Å². The number of hydrogen-bond donors (Lipinski definition) is 1. The molecule has 3 aromatic carbocycles. The van der Waals surface area contributed by atoms with Gasteiger partial charge in [0.05, 0.1) is 6.07 Å². The Labute approximate surface area is 239 Å². The number of aryl methyl sites for hydroxylation is 1. The number of nitriles is 1. The van der Waals surface area contributed by atoms with Crippen molar-refractivity contribution in [2.24, 2.45) is 0 Å². The standard InChI is InChI=1S/C35H43N3O2/c1-2-3-4-5-6-7-8-9-10-11-22-38-23-14-17-27-24-28(20-21-32(27)38)37-35(39)40-34-30-19-13-16-26-15-12-18-29(33(26)30)31(34)25-36/h12-13,15-16,18-21,24,31,34H,2-11,14,17,22-23H2,1H3,(H,37,39). The number of benzene rings is 3. The minimum Gasteiger partial charge on any atom is -0.439 e. The number of anilines is 2. The number of amides is 1. The lowest BCUT2D eigenvalue weighted by molar-refractivity contribution is 0.107. The zero-order valence-electron chi connectivity index (χ0n) is 24.0.